The van der Waals surface area contributed by atoms with Crippen LogP contribution in [0.3, 0.4) is 0 Å². The van der Waals surface area contributed by atoms with Crippen LogP contribution >= 0.6 is 11.3 Å². The molecule has 1 atom stereocenters. The first kappa shape index (κ1) is 19.4. The van der Waals surface area contributed by atoms with Gasteiger partial charge < -0.3 is 14.8 Å². The number of rotatable bonds is 7. The summed E-state index contributed by atoms with van der Waals surface area (Å²) in [6, 6.07) is 9.12. The zero-order valence-electron chi connectivity index (χ0n) is 15.7. The molecule has 1 N–H and O–H groups in total. The molecule has 1 amide bonds. The fourth-order valence-electron chi connectivity index (χ4n) is 3.29. The standard InChI is InChI=1S/C21H25NO4S/c1-3-14-9-10-18-15(11-14)12-19(27-18)21(24)26-13-20(23)22-16-7-5-6-8-17(16)25-4-2/h5-8,12,14H,3-4,9-11,13H2,1-2H3,(H,22,23)/t14-/m0/s1. The average molecular weight is 388 g/mol. The van der Waals surface area contributed by atoms with Crippen LogP contribution in [0.15, 0.2) is 30.3 Å². The van der Waals surface area contributed by atoms with Gasteiger partial charge in [-0.25, -0.2) is 4.79 Å². The minimum absolute atomic E-state index is 0.320. The van der Waals surface area contributed by atoms with Crippen LogP contribution in [-0.4, -0.2) is 25.1 Å². The molecule has 6 heteroatoms. The maximum atomic E-state index is 12.3. The predicted octanol–water partition coefficient (Wildman–Crippen LogP) is 4.46. The third kappa shape index (κ3) is 4.89. The second-order valence-electron chi connectivity index (χ2n) is 6.63. The third-order valence-electron chi connectivity index (χ3n) is 4.76. The molecule has 2 aromatic rings. The molecule has 0 saturated heterocycles. The minimum atomic E-state index is -0.435. The van der Waals surface area contributed by atoms with E-state index in [-0.39, 0.29) is 12.5 Å². The number of nitrogens with one attached hydrogen (secondary N) is 1. The van der Waals surface area contributed by atoms with Gasteiger partial charge in [-0.1, -0.05) is 25.5 Å². The Morgan fingerprint density at radius 3 is 2.85 bits per heavy atom. The van der Waals surface area contributed by atoms with E-state index in [0.29, 0.717) is 28.8 Å². The number of ether oxygens (including phenoxy) is 2. The highest BCUT2D eigenvalue weighted by atomic mass is 32.1. The molecule has 5 nitrogen and oxygen atoms in total. The number of carbonyl (C=O) groups excluding carboxylic acids is 2. The van der Waals surface area contributed by atoms with Crippen molar-refractivity contribution in [3.05, 3.63) is 45.6 Å². The van der Waals surface area contributed by atoms with Crippen molar-refractivity contribution in [1.29, 1.82) is 0 Å². The topological polar surface area (TPSA) is 64.6 Å². The van der Waals surface area contributed by atoms with Crippen LogP contribution < -0.4 is 10.1 Å². The molecule has 3 rings (SSSR count). The molecule has 0 fully saturated rings. The van der Waals surface area contributed by atoms with Crippen LogP contribution in [0, 0.1) is 5.92 Å². The van der Waals surface area contributed by atoms with Crippen molar-refractivity contribution >= 4 is 28.9 Å². The first-order valence-corrected chi connectivity index (χ1v) is 10.2. The highest BCUT2D eigenvalue weighted by molar-refractivity contribution is 7.14. The quantitative estimate of drug-likeness (QED) is 0.713. The lowest BCUT2D eigenvalue weighted by Gasteiger charge is -2.19. The Balaban J connectivity index is 1.55. The molecule has 1 aliphatic rings. The number of hydrogen-bond acceptors (Lipinski definition) is 5. The van der Waals surface area contributed by atoms with E-state index >= 15 is 0 Å². The molecule has 27 heavy (non-hydrogen) atoms. The van der Waals surface area contributed by atoms with E-state index in [9.17, 15) is 9.59 Å². The molecule has 0 spiro atoms. The second-order valence-corrected chi connectivity index (χ2v) is 7.77. The molecule has 0 aliphatic heterocycles. The van der Waals surface area contributed by atoms with Gasteiger partial charge in [0.1, 0.15) is 10.6 Å². The van der Waals surface area contributed by atoms with E-state index in [4.69, 9.17) is 9.47 Å². The van der Waals surface area contributed by atoms with E-state index in [1.807, 2.05) is 25.1 Å². The molecule has 1 aromatic heterocycles. The van der Waals surface area contributed by atoms with Gasteiger partial charge in [0.15, 0.2) is 6.61 Å². The zero-order chi connectivity index (χ0) is 19.2. The molecule has 1 aromatic carbocycles. The summed E-state index contributed by atoms with van der Waals surface area (Å²) in [7, 11) is 0. The Hall–Kier alpha value is -2.34. The van der Waals surface area contributed by atoms with E-state index < -0.39 is 5.97 Å². The van der Waals surface area contributed by atoms with Crippen LogP contribution in [0.2, 0.25) is 0 Å². The summed E-state index contributed by atoms with van der Waals surface area (Å²) < 4.78 is 10.7. The molecule has 1 aliphatic carbocycles. The number of aryl methyl sites for hydroxylation is 1. The fraction of sp³-hybridized carbons (Fsp3) is 0.429. The molecule has 0 unspecified atom stereocenters. The van der Waals surface area contributed by atoms with Gasteiger partial charge in [0.25, 0.3) is 5.91 Å². The number of benzene rings is 1. The van der Waals surface area contributed by atoms with E-state index in [0.717, 1.165) is 12.8 Å². The molecule has 0 bridgehead atoms. The molecule has 0 radical (unpaired) electrons. The summed E-state index contributed by atoms with van der Waals surface area (Å²) in [5.41, 5.74) is 1.83. The molecular weight excluding hydrogens is 362 g/mol. The van der Waals surface area contributed by atoms with Crippen molar-refractivity contribution in [3.63, 3.8) is 0 Å². The Bertz CT molecular complexity index is 814. The van der Waals surface area contributed by atoms with Crippen LogP contribution in [0.25, 0.3) is 0 Å². The van der Waals surface area contributed by atoms with Gasteiger partial charge in [-0.2, -0.15) is 0 Å². The van der Waals surface area contributed by atoms with Crippen LogP contribution in [0.4, 0.5) is 5.69 Å². The summed E-state index contributed by atoms with van der Waals surface area (Å²) in [6.07, 6.45) is 4.41. The number of esters is 1. The summed E-state index contributed by atoms with van der Waals surface area (Å²) in [6.45, 7) is 4.27. The fourth-order valence-corrected chi connectivity index (χ4v) is 4.39. The van der Waals surface area contributed by atoms with Crippen molar-refractivity contribution in [3.8, 4) is 5.75 Å². The van der Waals surface area contributed by atoms with Gasteiger partial charge in [-0.3, -0.25) is 4.79 Å². The number of carbonyl (C=O) groups is 2. The third-order valence-corrected chi connectivity index (χ3v) is 5.98. The molecule has 1 heterocycles. The first-order valence-electron chi connectivity index (χ1n) is 9.41. The number of thiophene rings is 1. The Morgan fingerprint density at radius 1 is 1.26 bits per heavy atom. The lowest BCUT2D eigenvalue weighted by atomic mass is 9.87. The second kappa shape index (κ2) is 9.04. The Labute approximate surface area is 163 Å². The Morgan fingerprint density at radius 2 is 2.07 bits per heavy atom. The van der Waals surface area contributed by atoms with Gasteiger partial charge in [0, 0.05) is 4.88 Å². The lowest BCUT2D eigenvalue weighted by molar-refractivity contribution is -0.119. The average Bonchev–Trinajstić information content (AvgIpc) is 3.11. The number of amides is 1. The minimum Gasteiger partial charge on any atom is -0.492 e. The summed E-state index contributed by atoms with van der Waals surface area (Å²) in [5.74, 6) is 0.474. The highest BCUT2D eigenvalue weighted by Gasteiger charge is 2.23. The number of hydrogen-bond donors (Lipinski definition) is 1. The number of para-hydroxylation sites is 2. The largest absolute Gasteiger partial charge is 0.492 e. The zero-order valence-corrected chi connectivity index (χ0v) is 16.6. The van der Waals surface area contributed by atoms with Crippen molar-refractivity contribution < 1.29 is 19.1 Å². The molecule has 0 saturated carbocycles. The highest BCUT2D eigenvalue weighted by Crippen LogP contribution is 2.33. The van der Waals surface area contributed by atoms with Crippen molar-refractivity contribution in [2.45, 2.75) is 39.5 Å². The van der Waals surface area contributed by atoms with Gasteiger partial charge in [0.05, 0.1) is 12.3 Å². The summed E-state index contributed by atoms with van der Waals surface area (Å²) in [4.78, 5) is 26.3. The summed E-state index contributed by atoms with van der Waals surface area (Å²) in [5, 5.41) is 2.73. The first-order chi connectivity index (χ1) is 13.1. The van der Waals surface area contributed by atoms with E-state index in [1.165, 1.54) is 34.6 Å². The van der Waals surface area contributed by atoms with Gasteiger partial charge in [-0.15, -0.1) is 11.3 Å². The normalized spacial score (nSPS) is 15.7. The predicted molar refractivity (Wildman–Crippen MR) is 107 cm³/mol. The van der Waals surface area contributed by atoms with Crippen molar-refractivity contribution in [1.82, 2.24) is 0 Å². The monoisotopic (exact) mass is 387 g/mol. The van der Waals surface area contributed by atoms with Gasteiger partial charge >= 0.3 is 5.97 Å². The smallest absolute Gasteiger partial charge is 0.348 e. The summed E-state index contributed by atoms with van der Waals surface area (Å²) >= 11 is 1.49. The van der Waals surface area contributed by atoms with Crippen LogP contribution in [0.5, 0.6) is 5.75 Å². The van der Waals surface area contributed by atoms with E-state index in [2.05, 4.69) is 12.2 Å². The van der Waals surface area contributed by atoms with Crippen LogP contribution in [0.1, 0.15) is 46.8 Å². The van der Waals surface area contributed by atoms with Crippen LogP contribution in [-0.2, 0) is 22.4 Å². The van der Waals surface area contributed by atoms with Gasteiger partial charge in [0.2, 0.25) is 0 Å². The number of anilines is 1. The molecular formula is C21H25NO4S. The van der Waals surface area contributed by atoms with Crippen molar-refractivity contribution in [2.75, 3.05) is 18.5 Å². The molecule has 144 valence electrons. The SMILES string of the molecule is CCOc1ccccc1NC(=O)COC(=O)c1cc2c(s1)CC[C@H](CC)C2. The van der Waals surface area contributed by atoms with Gasteiger partial charge in [-0.05, 0) is 55.9 Å². The van der Waals surface area contributed by atoms with E-state index in [1.54, 1.807) is 12.1 Å². The number of fused-ring (bicyclic) bond motifs is 1. The lowest BCUT2D eigenvalue weighted by Crippen LogP contribution is -2.21. The Kier molecular flexibility index (Phi) is 6.50. The maximum absolute atomic E-state index is 12.3. The maximum Gasteiger partial charge on any atom is 0.348 e. The van der Waals surface area contributed by atoms with Crippen molar-refractivity contribution in [2.24, 2.45) is 5.92 Å².